The highest BCUT2D eigenvalue weighted by Crippen LogP contribution is 2.55. The minimum Gasteiger partial charge on any atom is -0.504 e. The molecule has 1 aromatic rings. The zero-order chi connectivity index (χ0) is 21.9. The number of carboxylic acid groups (broad SMARTS) is 2. The lowest BCUT2D eigenvalue weighted by atomic mass is 9.54. The Balaban J connectivity index is 1.97. The highest BCUT2D eigenvalue weighted by atomic mass is 16.5. The molecular formula is C21H28O8. The Hall–Kier alpha value is -2.77. The van der Waals surface area contributed by atoms with E-state index < -0.39 is 34.2 Å². The molecule has 0 aromatic heterocycles. The molecule has 0 radical (unpaired) electrons. The molecule has 3 atom stereocenters. The van der Waals surface area contributed by atoms with Crippen LogP contribution in [0.3, 0.4) is 0 Å². The predicted octanol–water partition coefficient (Wildman–Crippen LogP) is 3.08. The van der Waals surface area contributed by atoms with Crippen LogP contribution in [-0.2, 0) is 19.1 Å². The van der Waals surface area contributed by atoms with E-state index in [1.165, 1.54) is 19.9 Å². The van der Waals surface area contributed by atoms with Crippen LogP contribution in [0.25, 0.3) is 0 Å². The number of hydrogen-bond donors (Lipinski definition) is 3. The Kier molecular flexibility index (Phi) is 6.45. The molecule has 1 aromatic carbocycles. The highest BCUT2D eigenvalue weighted by molar-refractivity contribution is 5.84. The lowest BCUT2D eigenvalue weighted by molar-refractivity contribution is -0.177. The number of carbonyl (C=O) groups is 3. The third kappa shape index (κ3) is 4.99. The van der Waals surface area contributed by atoms with Crippen LogP contribution in [0.4, 0.5) is 0 Å². The molecule has 8 heteroatoms. The summed E-state index contributed by atoms with van der Waals surface area (Å²) in [6, 6.07) is 6.50. The van der Waals surface area contributed by atoms with E-state index in [4.69, 9.17) is 9.47 Å². The van der Waals surface area contributed by atoms with Gasteiger partial charge in [0.15, 0.2) is 11.5 Å². The minimum atomic E-state index is -1.34. The van der Waals surface area contributed by atoms with Crippen LogP contribution in [0, 0.1) is 16.2 Å². The van der Waals surface area contributed by atoms with E-state index in [0.717, 1.165) is 0 Å². The highest BCUT2D eigenvalue weighted by Gasteiger charge is 2.58. The monoisotopic (exact) mass is 408 g/mol. The van der Waals surface area contributed by atoms with Crippen LogP contribution in [0.5, 0.6) is 11.5 Å². The number of carboxylic acids is 2. The van der Waals surface area contributed by atoms with Gasteiger partial charge < -0.3 is 24.8 Å². The van der Waals surface area contributed by atoms with Gasteiger partial charge in [-0.15, -0.1) is 0 Å². The average Bonchev–Trinajstić information content (AvgIpc) is 2.61. The molecule has 1 aliphatic rings. The molecule has 0 saturated heterocycles. The molecule has 1 unspecified atom stereocenters. The van der Waals surface area contributed by atoms with Crippen LogP contribution in [0.1, 0.15) is 46.5 Å². The molecular weight excluding hydrogens is 380 g/mol. The first-order valence-corrected chi connectivity index (χ1v) is 9.47. The Morgan fingerprint density at radius 1 is 0.897 bits per heavy atom. The standard InChI is InChI=1S/C21H28O8/c1-19(16(23)24)11-20(2,17(25)26)13-21(3,12-19)18(27)29-10-6-9-28-15-8-5-4-7-14(15)22/h4-5,7-8,22H,6,9-13H2,1-3H3,(H,23,24)(H,25,26)/t19-,20+,21?. The second-order valence-corrected chi connectivity index (χ2v) is 8.63. The number of aromatic hydroxyl groups is 1. The first kappa shape index (κ1) is 22.5. The molecule has 0 bridgehead atoms. The van der Waals surface area contributed by atoms with Crippen molar-refractivity contribution in [3.8, 4) is 11.5 Å². The molecule has 1 saturated carbocycles. The van der Waals surface area contributed by atoms with Crippen LogP contribution in [-0.4, -0.2) is 46.4 Å². The van der Waals surface area contributed by atoms with Crippen molar-refractivity contribution < 1.29 is 39.2 Å². The van der Waals surface area contributed by atoms with E-state index in [2.05, 4.69) is 0 Å². The number of esters is 1. The van der Waals surface area contributed by atoms with Gasteiger partial charge in [-0.1, -0.05) is 12.1 Å². The second-order valence-electron chi connectivity index (χ2n) is 8.63. The largest absolute Gasteiger partial charge is 0.504 e. The number of rotatable bonds is 8. The number of aliphatic carboxylic acids is 2. The van der Waals surface area contributed by atoms with Gasteiger partial charge >= 0.3 is 17.9 Å². The summed E-state index contributed by atoms with van der Waals surface area (Å²) >= 11 is 0. The fourth-order valence-corrected chi connectivity index (χ4v) is 4.38. The molecule has 3 N–H and O–H groups in total. The summed E-state index contributed by atoms with van der Waals surface area (Å²) in [6.07, 6.45) is 0.321. The molecule has 0 amide bonds. The van der Waals surface area contributed by atoms with E-state index in [9.17, 15) is 29.7 Å². The fraction of sp³-hybridized carbons (Fsp3) is 0.571. The zero-order valence-electron chi connectivity index (χ0n) is 16.9. The van der Waals surface area contributed by atoms with Crippen LogP contribution in [0.2, 0.25) is 0 Å². The van der Waals surface area contributed by atoms with Gasteiger partial charge in [0, 0.05) is 6.42 Å². The Bertz CT molecular complexity index is 761. The summed E-state index contributed by atoms with van der Waals surface area (Å²) in [7, 11) is 0. The van der Waals surface area contributed by atoms with E-state index in [0.29, 0.717) is 12.2 Å². The lowest BCUT2D eigenvalue weighted by Crippen LogP contribution is -2.52. The maximum absolute atomic E-state index is 12.7. The second kappa shape index (κ2) is 8.31. The van der Waals surface area contributed by atoms with Crippen LogP contribution < -0.4 is 4.74 Å². The molecule has 0 heterocycles. The third-order valence-corrected chi connectivity index (χ3v) is 5.51. The number of phenolic OH excluding ortho intramolecular Hbond substituents is 1. The van der Waals surface area contributed by atoms with E-state index in [1.54, 1.807) is 25.1 Å². The number of ether oxygens (including phenoxy) is 2. The molecule has 0 spiro atoms. The van der Waals surface area contributed by atoms with Crippen molar-refractivity contribution in [1.82, 2.24) is 0 Å². The normalized spacial score (nSPS) is 29.1. The molecule has 29 heavy (non-hydrogen) atoms. The summed E-state index contributed by atoms with van der Waals surface area (Å²) in [5, 5.41) is 28.9. The number of para-hydroxylation sites is 2. The quantitative estimate of drug-likeness (QED) is 0.442. The number of benzene rings is 1. The van der Waals surface area contributed by atoms with Crippen molar-refractivity contribution in [3.63, 3.8) is 0 Å². The number of phenols is 1. The van der Waals surface area contributed by atoms with Crippen molar-refractivity contribution in [1.29, 1.82) is 0 Å². The number of hydrogen-bond acceptors (Lipinski definition) is 6. The summed E-state index contributed by atoms with van der Waals surface area (Å²) in [5.74, 6) is -2.52. The van der Waals surface area contributed by atoms with Crippen molar-refractivity contribution in [2.75, 3.05) is 13.2 Å². The molecule has 0 aliphatic heterocycles. The fourth-order valence-electron chi connectivity index (χ4n) is 4.38. The summed E-state index contributed by atoms with van der Waals surface area (Å²) in [5.41, 5.74) is -3.91. The summed E-state index contributed by atoms with van der Waals surface area (Å²) < 4.78 is 10.8. The van der Waals surface area contributed by atoms with Gasteiger partial charge in [0.25, 0.3) is 0 Å². The molecule has 1 aliphatic carbocycles. The molecule has 8 nitrogen and oxygen atoms in total. The van der Waals surface area contributed by atoms with E-state index >= 15 is 0 Å². The maximum Gasteiger partial charge on any atom is 0.311 e. The Morgan fingerprint density at radius 3 is 1.93 bits per heavy atom. The molecule has 2 rings (SSSR count). The van der Waals surface area contributed by atoms with Gasteiger partial charge in [0.05, 0.1) is 29.5 Å². The molecule has 1 fully saturated rings. The van der Waals surface area contributed by atoms with Crippen molar-refractivity contribution in [2.24, 2.45) is 16.2 Å². The molecule has 160 valence electrons. The summed E-state index contributed by atoms with van der Waals surface area (Å²) in [6.45, 7) is 4.76. The Labute approximate surface area is 169 Å². The number of carbonyl (C=O) groups excluding carboxylic acids is 1. The van der Waals surface area contributed by atoms with Gasteiger partial charge in [-0.2, -0.15) is 0 Å². The van der Waals surface area contributed by atoms with Gasteiger partial charge in [0.1, 0.15) is 0 Å². The van der Waals surface area contributed by atoms with Gasteiger partial charge in [0.2, 0.25) is 0 Å². The lowest BCUT2D eigenvalue weighted by Gasteiger charge is -2.47. The van der Waals surface area contributed by atoms with Crippen molar-refractivity contribution in [3.05, 3.63) is 24.3 Å². The van der Waals surface area contributed by atoms with Gasteiger partial charge in [-0.05, 0) is 52.2 Å². The first-order valence-electron chi connectivity index (χ1n) is 9.47. The van der Waals surface area contributed by atoms with E-state index in [1.807, 2.05) is 0 Å². The average molecular weight is 408 g/mol. The zero-order valence-corrected chi connectivity index (χ0v) is 16.9. The van der Waals surface area contributed by atoms with Crippen LogP contribution in [0.15, 0.2) is 24.3 Å². The summed E-state index contributed by atoms with van der Waals surface area (Å²) in [4.78, 5) is 36.3. The topological polar surface area (TPSA) is 130 Å². The minimum absolute atomic E-state index is 0.00538. The SMILES string of the molecule is CC1(C(=O)OCCCOc2ccccc2O)C[C@](C)(C(=O)O)C[C@](C)(C(=O)O)C1. The van der Waals surface area contributed by atoms with Crippen molar-refractivity contribution in [2.45, 2.75) is 46.5 Å². The smallest absolute Gasteiger partial charge is 0.311 e. The third-order valence-electron chi connectivity index (χ3n) is 5.51. The maximum atomic E-state index is 12.7. The van der Waals surface area contributed by atoms with Gasteiger partial charge in [-0.25, -0.2) is 0 Å². The first-order chi connectivity index (χ1) is 13.4. The van der Waals surface area contributed by atoms with Crippen LogP contribution >= 0.6 is 0 Å². The predicted molar refractivity (Wildman–Crippen MR) is 103 cm³/mol. The Morgan fingerprint density at radius 2 is 1.41 bits per heavy atom. The van der Waals surface area contributed by atoms with E-state index in [-0.39, 0.29) is 38.2 Å². The van der Waals surface area contributed by atoms with Gasteiger partial charge in [-0.3, -0.25) is 14.4 Å². The van der Waals surface area contributed by atoms with Crippen molar-refractivity contribution >= 4 is 17.9 Å².